The number of unbranched alkanes of at least 4 members (excludes halogenated alkanes) is 2. The Balaban J connectivity index is 1.60. The molecule has 4 rings (SSSR count). The molecule has 8 heteroatoms. The van der Waals surface area contributed by atoms with Crippen LogP contribution in [0.5, 0.6) is 0 Å². The first-order valence-corrected chi connectivity index (χ1v) is 10.8. The molecule has 0 aliphatic heterocycles. The van der Waals surface area contributed by atoms with Crippen molar-refractivity contribution < 1.29 is 0 Å². The Morgan fingerprint density at radius 3 is 2.47 bits per heavy atom. The molecular weight excluding hydrogens is 402 g/mol. The quantitative estimate of drug-likeness (QED) is 0.346. The number of aromatic nitrogens is 5. The van der Waals surface area contributed by atoms with Crippen molar-refractivity contribution in [2.24, 2.45) is 0 Å². The van der Waals surface area contributed by atoms with E-state index < -0.39 is 0 Å². The van der Waals surface area contributed by atoms with Crippen molar-refractivity contribution in [3.8, 4) is 22.5 Å². The van der Waals surface area contributed by atoms with Gasteiger partial charge in [0.25, 0.3) is 5.56 Å². The van der Waals surface area contributed by atoms with Gasteiger partial charge < -0.3 is 15.6 Å². The van der Waals surface area contributed by atoms with Gasteiger partial charge in [-0.05, 0) is 34.4 Å². The van der Waals surface area contributed by atoms with E-state index in [0.717, 1.165) is 48.1 Å². The minimum absolute atomic E-state index is 0.160. The van der Waals surface area contributed by atoms with Crippen molar-refractivity contribution in [1.29, 1.82) is 0 Å². The number of hydrogen-bond acceptors (Lipinski definition) is 6. The SMILES string of the molecule is CCCCCN(Cc1ccc(-c2ccccc2-c2nn[nH]n2)cc1)c1c(N)cc[nH]c1=O. The van der Waals surface area contributed by atoms with E-state index in [0.29, 0.717) is 23.7 Å². The average Bonchev–Trinajstić information content (AvgIpc) is 3.34. The molecule has 4 aromatic rings. The number of anilines is 2. The molecule has 2 heterocycles. The number of hydrogen-bond donors (Lipinski definition) is 3. The third kappa shape index (κ3) is 4.69. The van der Waals surface area contributed by atoms with Gasteiger partial charge in [0.05, 0.1) is 5.69 Å². The average molecular weight is 430 g/mol. The van der Waals surface area contributed by atoms with Gasteiger partial charge in [-0.3, -0.25) is 4.79 Å². The smallest absolute Gasteiger partial charge is 0.273 e. The van der Waals surface area contributed by atoms with Crippen molar-refractivity contribution >= 4 is 11.4 Å². The topological polar surface area (TPSA) is 117 Å². The molecule has 0 aliphatic rings. The monoisotopic (exact) mass is 429 g/mol. The van der Waals surface area contributed by atoms with Gasteiger partial charge in [0.1, 0.15) is 5.69 Å². The number of aromatic amines is 2. The molecular formula is C24H27N7O. The van der Waals surface area contributed by atoms with Crippen LogP contribution in [-0.4, -0.2) is 32.2 Å². The van der Waals surface area contributed by atoms with E-state index in [1.54, 1.807) is 12.3 Å². The fourth-order valence-electron chi connectivity index (χ4n) is 3.85. The highest BCUT2D eigenvalue weighted by Crippen LogP contribution is 2.30. The van der Waals surface area contributed by atoms with Crippen LogP contribution in [0.3, 0.4) is 0 Å². The first kappa shape index (κ1) is 21.3. The number of nitrogens with two attached hydrogens (primary N) is 1. The number of rotatable bonds is 9. The van der Waals surface area contributed by atoms with Crippen LogP contribution in [0.1, 0.15) is 31.7 Å². The highest BCUT2D eigenvalue weighted by atomic mass is 16.1. The fraction of sp³-hybridized carbons (Fsp3) is 0.250. The third-order valence-corrected chi connectivity index (χ3v) is 5.47. The van der Waals surface area contributed by atoms with E-state index >= 15 is 0 Å². The summed E-state index contributed by atoms with van der Waals surface area (Å²) in [6, 6.07) is 18.0. The molecule has 0 saturated carbocycles. The number of H-pyrrole nitrogens is 2. The predicted octanol–water partition coefficient (Wildman–Crippen LogP) is 4.00. The number of pyridine rings is 1. The van der Waals surface area contributed by atoms with Crippen molar-refractivity contribution in [1.82, 2.24) is 25.6 Å². The lowest BCUT2D eigenvalue weighted by Gasteiger charge is -2.25. The van der Waals surface area contributed by atoms with Crippen molar-refractivity contribution in [2.45, 2.75) is 32.7 Å². The van der Waals surface area contributed by atoms with Gasteiger partial charge in [0.15, 0.2) is 0 Å². The van der Waals surface area contributed by atoms with E-state index in [-0.39, 0.29) is 5.56 Å². The number of nitrogen functional groups attached to an aromatic ring is 1. The molecule has 0 radical (unpaired) electrons. The molecule has 0 atom stereocenters. The molecule has 0 bridgehead atoms. The standard InChI is InChI=1S/C24H27N7O/c1-2-3-6-15-31(22-21(25)13-14-26-24(22)32)16-17-9-11-18(12-10-17)19-7-4-5-8-20(19)23-27-29-30-28-23/h4-5,7-14H,2-3,6,15-16H2,1H3,(H3,25,26,32)(H,27,28,29,30). The molecule has 4 N–H and O–H groups in total. The summed E-state index contributed by atoms with van der Waals surface area (Å²) >= 11 is 0. The van der Waals surface area contributed by atoms with Gasteiger partial charge >= 0.3 is 0 Å². The first-order chi connectivity index (χ1) is 15.7. The van der Waals surface area contributed by atoms with Crippen LogP contribution in [0.15, 0.2) is 65.6 Å². The van der Waals surface area contributed by atoms with E-state index in [1.165, 1.54) is 0 Å². The molecule has 0 unspecified atom stereocenters. The molecule has 0 aliphatic carbocycles. The summed E-state index contributed by atoms with van der Waals surface area (Å²) in [5.74, 6) is 0.561. The van der Waals surface area contributed by atoms with Crippen LogP contribution in [0.25, 0.3) is 22.5 Å². The lowest BCUT2D eigenvalue weighted by atomic mass is 9.98. The Morgan fingerprint density at radius 1 is 1.00 bits per heavy atom. The van der Waals surface area contributed by atoms with Gasteiger partial charge in [-0.15, -0.1) is 10.2 Å². The zero-order valence-corrected chi connectivity index (χ0v) is 18.1. The molecule has 2 aromatic carbocycles. The minimum Gasteiger partial charge on any atom is -0.397 e. The van der Waals surface area contributed by atoms with Crippen molar-refractivity contribution in [3.63, 3.8) is 0 Å². The predicted molar refractivity (Wildman–Crippen MR) is 127 cm³/mol. The van der Waals surface area contributed by atoms with E-state index in [1.807, 2.05) is 24.3 Å². The van der Waals surface area contributed by atoms with E-state index in [4.69, 9.17) is 5.73 Å². The van der Waals surface area contributed by atoms with Gasteiger partial charge in [-0.1, -0.05) is 68.3 Å². The molecule has 2 aromatic heterocycles. The first-order valence-electron chi connectivity index (χ1n) is 10.8. The Bertz CT molecular complexity index is 1200. The number of nitrogens with zero attached hydrogens (tertiary/aromatic N) is 4. The second kappa shape index (κ2) is 9.91. The molecule has 0 fully saturated rings. The van der Waals surface area contributed by atoms with Crippen molar-refractivity contribution in [3.05, 3.63) is 76.7 Å². The zero-order valence-electron chi connectivity index (χ0n) is 18.1. The second-order valence-electron chi connectivity index (χ2n) is 7.72. The largest absolute Gasteiger partial charge is 0.397 e. The van der Waals surface area contributed by atoms with Gasteiger partial charge in [-0.2, -0.15) is 5.21 Å². The zero-order chi connectivity index (χ0) is 22.3. The summed E-state index contributed by atoms with van der Waals surface area (Å²) in [5.41, 5.74) is 11.1. The fourth-order valence-corrected chi connectivity index (χ4v) is 3.85. The highest BCUT2D eigenvalue weighted by Gasteiger charge is 2.15. The highest BCUT2D eigenvalue weighted by molar-refractivity contribution is 5.80. The lowest BCUT2D eigenvalue weighted by Crippen LogP contribution is -2.30. The molecule has 32 heavy (non-hydrogen) atoms. The Labute approximate surface area is 186 Å². The van der Waals surface area contributed by atoms with Crippen LogP contribution >= 0.6 is 0 Å². The van der Waals surface area contributed by atoms with E-state index in [2.05, 4.69) is 61.7 Å². The van der Waals surface area contributed by atoms with Crippen LogP contribution in [-0.2, 0) is 6.54 Å². The minimum atomic E-state index is -0.160. The number of benzene rings is 2. The second-order valence-corrected chi connectivity index (χ2v) is 7.72. The molecule has 0 saturated heterocycles. The summed E-state index contributed by atoms with van der Waals surface area (Å²) in [6.07, 6.45) is 4.80. The maximum atomic E-state index is 12.5. The summed E-state index contributed by atoms with van der Waals surface area (Å²) in [7, 11) is 0. The molecule has 164 valence electrons. The maximum absolute atomic E-state index is 12.5. The van der Waals surface area contributed by atoms with Crippen LogP contribution in [0.2, 0.25) is 0 Å². The Hall–Kier alpha value is -3.94. The van der Waals surface area contributed by atoms with Gasteiger partial charge in [0.2, 0.25) is 5.82 Å². The summed E-state index contributed by atoms with van der Waals surface area (Å²) in [6.45, 7) is 3.54. The number of nitrogens with one attached hydrogen (secondary N) is 2. The summed E-state index contributed by atoms with van der Waals surface area (Å²) < 4.78 is 0. The third-order valence-electron chi connectivity index (χ3n) is 5.47. The Kier molecular flexibility index (Phi) is 6.60. The molecule has 0 spiro atoms. The molecule has 0 amide bonds. The lowest BCUT2D eigenvalue weighted by molar-refractivity contribution is 0.673. The van der Waals surface area contributed by atoms with E-state index in [9.17, 15) is 4.79 Å². The van der Waals surface area contributed by atoms with Gasteiger partial charge in [0, 0.05) is 24.8 Å². The normalized spacial score (nSPS) is 10.9. The van der Waals surface area contributed by atoms with Crippen molar-refractivity contribution in [2.75, 3.05) is 17.2 Å². The van der Waals surface area contributed by atoms with Crippen LogP contribution in [0.4, 0.5) is 11.4 Å². The van der Waals surface area contributed by atoms with Crippen LogP contribution < -0.4 is 16.2 Å². The Morgan fingerprint density at radius 2 is 1.78 bits per heavy atom. The maximum Gasteiger partial charge on any atom is 0.273 e. The summed E-state index contributed by atoms with van der Waals surface area (Å²) in [4.78, 5) is 17.3. The van der Waals surface area contributed by atoms with Crippen LogP contribution in [0, 0.1) is 0 Å². The summed E-state index contributed by atoms with van der Waals surface area (Å²) in [5, 5.41) is 14.4. The number of tetrazole rings is 1. The molecule has 8 nitrogen and oxygen atoms in total. The van der Waals surface area contributed by atoms with Gasteiger partial charge in [-0.25, -0.2) is 0 Å².